The predicted molar refractivity (Wildman–Crippen MR) is 81.2 cm³/mol. The van der Waals surface area contributed by atoms with Crippen molar-refractivity contribution in [3.05, 3.63) is 23.8 Å². The number of rotatable bonds is 4. The number of nitrogen functional groups attached to an aromatic ring is 1. The normalized spacial score (nSPS) is 17.6. The summed E-state index contributed by atoms with van der Waals surface area (Å²) >= 11 is 0. The van der Waals surface area contributed by atoms with Crippen molar-refractivity contribution in [2.45, 2.75) is 26.3 Å². The molecule has 1 unspecified atom stereocenters. The third-order valence-electron chi connectivity index (χ3n) is 3.48. The van der Waals surface area contributed by atoms with Gasteiger partial charge in [-0.25, -0.2) is 4.79 Å². The topological polar surface area (TPSA) is 84.7 Å². The van der Waals surface area contributed by atoms with Crippen LogP contribution in [-0.2, 0) is 9.53 Å². The maximum atomic E-state index is 11.8. The van der Waals surface area contributed by atoms with Gasteiger partial charge >= 0.3 is 5.97 Å². The number of ether oxygens (including phenoxy) is 1. The van der Waals surface area contributed by atoms with Gasteiger partial charge in [0.05, 0.1) is 23.5 Å². The summed E-state index contributed by atoms with van der Waals surface area (Å²) in [5.41, 5.74) is 7.93. The number of nitrogens with zero attached hydrogens (tertiary/aromatic N) is 1. The summed E-state index contributed by atoms with van der Waals surface area (Å²) < 4.78 is 5.00. The van der Waals surface area contributed by atoms with E-state index in [1.54, 1.807) is 25.1 Å². The first kappa shape index (κ1) is 15.2. The van der Waals surface area contributed by atoms with Gasteiger partial charge < -0.3 is 20.7 Å². The van der Waals surface area contributed by atoms with Crippen molar-refractivity contribution in [3.63, 3.8) is 0 Å². The molecule has 6 nitrogen and oxygen atoms in total. The first-order chi connectivity index (χ1) is 10.0. The molecule has 0 aliphatic carbocycles. The van der Waals surface area contributed by atoms with E-state index in [0.29, 0.717) is 24.4 Å². The van der Waals surface area contributed by atoms with E-state index in [-0.39, 0.29) is 17.9 Å². The minimum atomic E-state index is -0.351. The first-order valence-electron chi connectivity index (χ1n) is 7.10. The van der Waals surface area contributed by atoms with Gasteiger partial charge in [-0.3, -0.25) is 4.79 Å². The van der Waals surface area contributed by atoms with Crippen molar-refractivity contribution < 1.29 is 14.3 Å². The Morgan fingerprint density at radius 3 is 2.90 bits per heavy atom. The second kappa shape index (κ2) is 6.47. The fourth-order valence-corrected chi connectivity index (χ4v) is 2.54. The van der Waals surface area contributed by atoms with Gasteiger partial charge in [0, 0.05) is 26.1 Å². The van der Waals surface area contributed by atoms with E-state index in [2.05, 4.69) is 10.2 Å². The molecule has 0 saturated carbocycles. The van der Waals surface area contributed by atoms with E-state index in [1.807, 2.05) is 0 Å². The highest BCUT2D eigenvalue weighted by atomic mass is 16.5. The number of benzene rings is 1. The molecule has 1 aliphatic heterocycles. The molecule has 1 heterocycles. The molecular formula is C15H21N3O3. The summed E-state index contributed by atoms with van der Waals surface area (Å²) in [7, 11) is 0. The summed E-state index contributed by atoms with van der Waals surface area (Å²) in [5.74, 6) is -0.383. The Morgan fingerprint density at radius 1 is 1.48 bits per heavy atom. The quantitative estimate of drug-likeness (QED) is 0.642. The summed E-state index contributed by atoms with van der Waals surface area (Å²) in [6.07, 6.45) is 0.864. The van der Waals surface area contributed by atoms with E-state index >= 15 is 0 Å². The highest BCUT2D eigenvalue weighted by Crippen LogP contribution is 2.28. The Balaban J connectivity index is 2.14. The van der Waals surface area contributed by atoms with E-state index in [9.17, 15) is 9.59 Å². The summed E-state index contributed by atoms with van der Waals surface area (Å²) in [5, 5.41) is 2.91. The Hall–Kier alpha value is -2.24. The number of carbonyl (C=O) groups is 2. The molecular weight excluding hydrogens is 270 g/mol. The lowest BCUT2D eigenvalue weighted by Crippen LogP contribution is -2.35. The molecule has 1 atom stereocenters. The Bertz CT molecular complexity index is 545. The summed E-state index contributed by atoms with van der Waals surface area (Å²) in [6, 6.07) is 5.25. The van der Waals surface area contributed by atoms with Crippen LogP contribution in [0.1, 0.15) is 30.6 Å². The van der Waals surface area contributed by atoms with Crippen molar-refractivity contribution >= 4 is 23.3 Å². The zero-order valence-corrected chi connectivity index (χ0v) is 12.4. The van der Waals surface area contributed by atoms with Gasteiger partial charge in [0.1, 0.15) is 0 Å². The van der Waals surface area contributed by atoms with Gasteiger partial charge in [-0.2, -0.15) is 0 Å². The van der Waals surface area contributed by atoms with Crippen LogP contribution in [-0.4, -0.2) is 37.6 Å². The highest BCUT2D eigenvalue weighted by molar-refractivity contribution is 5.92. The van der Waals surface area contributed by atoms with Crippen molar-refractivity contribution in [3.8, 4) is 0 Å². The lowest BCUT2D eigenvalue weighted by Gasteiger charge is -2.21. The molecule has 6 heteroatoms. The van der Waals surface area contributed by atoms with Gasteiger partial charge in [-0.05, 0) is 31.5 Å². The maximum Gasteiger partial charge on any atom is 0.338 e. The van der Waals surface area contributed by atoms with Crippen molar-refractivity contribution in [1.29, 1.82) is 0 Å². The van der Waals surface area contributed by atoms with E-state index < -0.39 is 0 Å². The molecule has 1 aromatic carbocycles. The van der Waals surface area contributed by atoms with Crippen molar-refractivity contribution in [2.24, 2.45) is 0 Å². The number of esters is 1. The average Bonchev–Trinajstić information content (AvgIpc) is 2.87. The average molecular weight is 291 g/mol. The molecule has 114 valence electrons. The van der Waals surface area contributed by atoms with Gasteiger partial charge in [0.15, 0.2) is 0 Å². The van der Waals surface area contributed by atoms with E-state index in [0.717, 1.165) is 18.7 Å². The summed E-state index contributed by atoms with van der Waals surface area (Å²) in [4.78, 5) is 25.0. The second-order valence-electron chi connectivity index (χ2n) is 5.13. The minimum absolute atomic E-state index is 0.0323. The van der Waals surface area contributed by atoms with E-state index in [4.69, 9.17) is 10.5 Å². The van der Waals surface area contributed by atoms with Gasteiger partial charge in [0.25, 0.3) is 0 Å². The SMILES string of the molecule is CCOC(=O)c1ccc(N)c(N2CCC(NC(C)=O)C2)c1. The molecule has 2 rings (SSSR count). The zero-order chi connectivity index (χ0) is 15.4. The van der Waals surface area contributed by atoms with Crippen LogP contribution >= 0.6 is 0 Å². The number of hydrogen-bond donors (Lipinski definition) is 2. The molecule has 1 fully saturated rings. The van der Waals surface area contributed by atoms with Crippen LogP contribution in [0.4, 0.5) is 11.4 Å². The highest BCUT2D eigenvalue weighted by Gasteiger charge is 2.25. The zero-order valence-electron chi connectivity index (χ0n) is 12.4. The summed E-state index contributed by atoms with van der Waals surface area (Å²) in [6.45, 7) is 5.11. The number of anilines is 2. The minimum Gasteiger partial charge on any atom is -0.462 e. The van der Waals surface area contributed by atoms with Crippen LogP contribution in [0, 0.1) is 0 Å². The lowest BCUT2D eigenvalue weighted by molar-refractivity contribution is -0.119. The first-order valence-corrected chi connectivity index (χ1v) is 7.10. The second-order valence-corrected chi connectivity index (χ2v) is 5.13. The molecule has 1 saturated heterocycles. The molecule has 0 spiro atoms. The molecule has 0 radical (unpaired) electrons. The van der Waals surface area contributed by atoms with E-state index in [1.165, 1.54) is 6.92 Å². The number of hydrogen-bond acceptors (Lipinski definition) is 5. The third-order valence-corrected chi connectivity index (χ3v) is 3.48. The number of amides is 1. The number of carbonyl (C=O) groups excluding carboxylic acids is 2. The third kappa shape index (κ3) is 3.65. The molecule has 1 aromatic rings. The maximum absolute atomic E-state index is 11.8. The Labute approximate surface area is 124 Å². The molecule has 21 heavy (non-hydrogen) atoms. The van der Waals surface area contributed by atoms with Crippen LogP contribution in [0.2, 0.25) is 0 Å². The molecule has 3 N–H and O–H groups in total. The smallest absolute Gasteiger partial charge is 0.338 e. The molecule has 1 aliphatic rings. The van der Waals surface area contributed by atoms with Crippen molar-refractivity contribution in [2.75, 3.05) is 30.3 Å². The van der Waals surface area contributed by atoms with Crippen LogP contribution in [0.3, 0.4) is 0 Å². The number of nitrogens with two attached hydrogens (primary N) is 1. The predicted octanol–water partition coefficient (Wildman–Crippen LogP) is 1.16. The monoisotopic (exact) mass is 291 g/mol. The Kier molecular flexibility index (Phi) is 4.67. The van der Waals surface area contributed by atoms with Gasteiger partial charge in [-0.1, -0.05) is 0 Å². The molecule has 1 amide bonds. The van der Waals surface area contributed by atoms with Gasteiger partial charge in [-0.15, -0.1) is 0 Å². The van der Waals surface area contributed by atoms with Gasteiger partial charge in [0.2, 0.25) is 5.91 Å². The van der Waals surface area contributed by atoms with Crippen LogP contribution < -0.4 is 16.0 Å². The van der Waals surface area contributed by atoms with Crippen LogP contribution in [0.5, 0.6) is 0 Å². The Morgan fingerprint density at radius 2 is 2.24 bits per heavy atom. The van der Waals surface area contributed by atoms with Crippen LogP contribution in [0.25, 0.3) is 0 Å². The molecule has 0 aromatic heterocycles. The fraction of sp³-hybridized carbons (Fsp3) is 0.467. The number of nitrogens with one attached hydrogen (secondary N) is 1. The molecule has 0 bridgehead atoms. The standard InChI is InChI=1S/C15H21N3O3/c1-3-21-15(20)11-4-5-13(16)14(8-11)18-7-6-12(9-18)17-10(2)19/h4-5,8,12H,3,6-7,9,16H2,1-2H3,(H,17,19). The lowest BCUT2D eigenvalue weighted by atomic mass is 10.1. The van der Waals surface area contributed by atoms with Crippen LogP contribution in [0.15, 0.2) is 18.2 Å². The largest absolute Gasteiger partial charge is 0.462 e. The fourth-order valence-electron chi connectivity index (χ4n) is 2.54. The van der Waals surface area contributed by atoms with Crippen molar-refractivity contribution in [1.82, 2.24) is 5.32 Å².